The van der Waals surface area contributed by atoms with Crippen molar-refractivity contribution in [2.45, 2.75) is 13.0 Å². The molecule has 1 aromatic carbocycles. The molecule has 22 heavy (non-hydrogen) atoms. The summed E-state index contributed by atoms with van der Waals surface area (Å²) in [6.07, 6.45) is 4.57. The highest BCUT2D eigenvalue weighted by molar-refractivity contribution is 5.94. The molecule has 0 spiro atoms. The third-order valence-electron chi connectivity index (χ3n) is 4.08. The Kier molecular flexibility index (Phi) is 3.79. The van der Waals surface area contributed by atoms with E-state index in [9.17, 15) is 4.79 Å². The monoisotopic (exact) mass is 300 g/mol. The molecular weight excluding hydrogens is 280 g/mol. The minimum atomic E-state index is 0.0704. The van der Waals surface area contributed by atoms with E-state index in [4.69, 9.17) is 9.47 Å². The Morgan fingerprint density at radius 1 is 1.14 bits per heavy atom. The van der Waals surface area contributed by atoms with E-state index in [0.717, 1.165) is 29.8 Å². The van der Waals surface area contributed by atoms with Crippen LogP contribution in [0.4, 0.5) is 0 Å². The van der Waals surface area contributed by atoms with Crippen molar-refractivity contribution in [2.75, 3.05) is 20.8 Å². The molecule has 3 rings (SSSR count). The van der Waals surface area contributed by atoms with Crippen LogP contribution in [0, 0.1) is 0 Å². The molecule has 1 amide bonds. The van der Waals surface area contributed by atoms with E-state index < -0.39 is 0 Å². The normalized spacial score (nSPS) is 13.7. The second-order valence-corrected chi connectivity index (χ2v) is 5.52. The first kappa shape index (κ1) is 14.5. The number of fused-ring (bicyclic) bond motifs is 1. The average molecular weight is 300 g/mol. The first-order chi connectivity index (χ1) is 10.6. The Balaban J connectivity index is 1.85. The summed E-state index contributed by atoms with van der Waals surface area (Å²) in [5.41, 5.74) is 3.06. The second-order valence-electron chi connectivity index (χ2n) is 5.52. The van der Waals surface area contributed by atoms with E-state index in [1.807, 2.05) is 47.1 Å². The zero-order chi connectivity index (χ0) is 15.7. The van der Waals surface area contributed by atoms with Crippen LogP contribution in [0.25, 0.3) is 0 Å². The Morgan fingerprint density at radius 2 is 1.82 bits per heavy atom. The number of aryl methyl sites for hydroxylation is 1. The molecule has 0 fully saturated rings. The fourth-order valence-electron chi connectivity index (χ4n) is 2.87. The summed E-state index contributed by atoms with van der Waals surface area (Å²) in [5.74, 6) is 1.51. The van der Waals surface area contributed by atoms with Crippen molar-refractivity contribution in [2.24, 2.45) is 7.05 Å². The quantitative estimate of drug-likeness (QED) is 0.873. The summed E-state index contributed by atoms with van der Waals surface area (Å²) in [7, 11) is 5.18. The molecule has 2 heterocycles. The molecule has 1 aromatic heterocycles. The van der Waals surface area contributed by atoms with Crippen molar-refractivity contribution < 1.29 is 14.3 Å². The number of nitrogens with zero attached hydrogens (tertiary/aromatic N) is 2. The number of methoxy groups -OCH3 is 2. The molecule has 0 aliphatic carbocycles. The van der Waals surface area contributed by atoms with E-state index in [1.165, 1.54) is 5.56 Å². The third kappa shape index (κ3) is 2.54. The van der Waals surface area contributed by atoms with Crippen LogP contribution in [0.2, 0.25) is 0 Å². The summed E-state index contributed by atoms with van der Waals surface area (Å²) in [5, 5.41) is 0. The van der Waals surface area contributed by atoms with Gasteiger partial charge in [0.05, 0.1) is 19.8 Å². The minimum Gasteiger partial charge on any atom is -0.493 e. The van der Waals surface area contributed by atoms with E-state index in [0.29, 0.717) is 12.3 Å². The van der Waals surface area contributed by atoms with E-state index in [2.05, 4.69) is 0 Å². The van der Waals surface area contributed by atoms with Gasteiger partial charge in [-0.15, -0.1) is 0 Å². The fraction of sp³-hybridized carbons (Fsp3) is 0.353. The first-order valence-corrected chi connectivity index (χ1v) is 7.27. The van der Waals surface area contributed by atoms with Crippen molar-refractivity contribution in [1.82, 2.24) is 9.47 Å². The standard InChI is InChI=1S/C17H20N2O3/c1-18-6-4-13(10-18)17(20)19-7-5-12-8-15(21-2)16(22-3)9-14(12)11-19/h4,6,8-10H,5,7,11H2,1-3H3. The summed E-state index contributed by atoms with van der Waals surface area (Å²) >= 11 is 0. The number of carbonyl (C=O) groups is 1. The largest absolute Gasteiger partial charge is 0.493 e. The van der Waals surface area contributed by atoms with Crippen molar-refractivity contribution in [3.8, 4) is 11.5 Å². The Labute approximate surface area is 130 Å². The molecule has 0 unspecified atom stereocenters. The van der Waals surface area contributed by atoms with E-state index in [1.54, 1.807) is 14.2 Å². The van der Waals surface area contributed by atoms with Gasteiger partial charge in [-0.1, -0.05) is 0 Å². The van der Waals surface area contributed by atoms with Gasteiger partial charge >= 0.3 is 0 Å². The van der Waals surface area contributed by atoms with Gasteiger partial charge in [0.1, 0.15) is 0 Å². The molecule has 0 radical (unpaired) electrons. The SMILES string of the molecule is COc1cc2c(cc1OC)CN(C(=O)c1ccn(C)c1)CC2. The number of ether oxygens (including phenoxy) is 2. The third-order valence-corrected chi connectivity index (χ3v) is 4.08. The molecule has 2 aromatic rings. The highest BCUT2D eigenvalue weighted by Crippen LogP contribution is 2.33. The van der Waals surface area contributed by atoms with Crippen LogP contribution < -0.4 is 9.47 Å². The summed E-state index contributed by atoms with van der Waals surface area (Å²) in [6.45, 7) is 1.32. The summed E-state index contributed by atoms with van der Waals surface area (Å²) in [6, 6.07) is 5.84. The number of aromatic nitrogens is 1. The highest BCUT2D eigenvalue weighted by Gasteiger charge is 2.24. The Hall–Kier alpha value is -2.43. The van der Waals surface area contributed by atoms with Gasteiger partial charge in [0.2, 0.25) is 0 Å². The molecule has 5 nitrogen and oxygen atoms in total. The van der Waals surface area contributed by atoms with Gasteiger partial charge in [-0.25, -0.2) is 0 Å². The molecule has 1 aliphatic rings. The van der Waals surface area contributed by atoms with Crippen LogP contribution in [-0.4, -0.2) is 36.1 Å². The van der Waals surface area contributed by atoms with Crippen LogP contribution in [-0.2, 0) is 20.0 Å². The molecule has 0 saturated carbocycles. The molecule has 0 saturated heterocycles. The second kappa shape index (κ2) is 5.75. The number of benzene rings is 1. The molecule has 0 N–H and O–H groups in total. The van der Waals surface area contributed by atoms with Crippen LogP contribution in [0.3, 0.4) is 0 Å². The lowest BCUT2D eigenvalue weighted by Gasteiger charge is -2.29. The van der Waals surface area contributed by atoms with Crippen LogP contribution in [0.15, 0.2) is 30.6 Å². The van der Waals surface area contributed by atoms with Gasteiger partial charge in [-0.3, -0.25) is 4.79 Å². The van der Waals surface area contributed by atoms with Gasteiger partial charge in [0.25, 0.3) is 5.91 Å². The van der Waals surface area contributed by atoms with Crippen molar-refractivity contribution in [3.63, 3.8) is 0 Å². The lowest BCUT2D eigenvalue weighted by molar-refractivity contribution is 0.0734. The van der Waals surface area contributed by atoms with Crippen LogP contribution in [0.5, 0.6) is 11.5 Å². The smallest absolute Gasteiger partial charge is 0.255 e. The molecule has 0 bridgehead atoms. The van der Waals surface area contributed by atoms with Gasteiger partial charge in [0, 0.05) is 32.5 Å². The summed E-state index contributed by atoms with van der Waals surface area (Å²) < 4.78 is 12.6. The molecule has 5 heteroatoms. The lowest BCUT2D eigenvalue weighted by Crippen LogP contribution is -2.35. The number of hydrogen-bond donors (Lipinski definition) is 0. The summed E-state index contributed by atoms with van der Waals surface area (Å²) in [4.78, 5) is 14.4. The van der Waals surface area contributed by atoms with Gasteiger partial charge in [-0.05, 0) is 35.7 Å². The number of amides is 1. The van der Waals surface area contributed by atoms with Crippen LogP contribution >= 0.6 is 0 Å². The topological polar surface area (TPSA) is 43.7 Å². The fourth-order valence-corrected chi connectivity index (χ4v) is 2.87. The van der Waals surface area contributed by atoms with Crippen molar-refractivity contribution in [3.05, 3.63) is 47.3 Å². The number of hydrogen-bond acceptors (Lipinski definition) is 3. The van der Waals surface area contributed by atoms with Gasteiger partial charge in [0.15, 0.2) is 11.5 Å². The lowest BCUT2D eigenvalue weighted by atomic mass is 9.98. The Bertz CT molecular complexity index is 706. The van der Waals surface area contributed by atoms with Crippen LogP contribution in [0.1, 0.15) is 21.5 Å². The zero-order valence-electron chi connectivity index (χ0n) is 13.1. The molecular formula is C17H20N2O3. The average Bonchev–Trinajstić information content (AvgIpc) is 2.98. The first-order valence-electron chi connectivity index (χ1n) is 7.27. The van der Waals surface area contributed by atoms with Crippen molar-refractivity contribution in [1.29, 1.82) is 0 Å². The van der Waals surface area contributed by atoms with Gasteiger partial charge in [-0.2, -0.15) is 0 Å². The maximum absolute atomic E-state index is 12.6. The zero-order valence-corrected chi connectivity index (χ0v) is 13.1. The predicted octanol–water partition coefficient (Wildman–Crippen LogP) is 2.24. The predicted molar refractivity (Wildman–Crippen MR) is 83.4 cm³/mol. The molecule has 116 valence electrons. The molecule has 1 aliphatic heterocycles. The maximum Gasteiger partial charge on any atom is 0.255 e. The molecule has 0 atom stereocenters. The van der Waals surface area contributed by atoms with Crippen molar-refractivity contribution >= 4 is 5.91 Å². The van der Waals surface area contributed by atoms with Gasteiger partial charge < -0.3 is 18.9 Å². The maximum atomic E-state index is 12.6. The van der Waals surface area contributed by atoms with E-state index in [-0.39, 0.29) is 5.91 Å². The number of rotatable bonds is 3. The highest BCUT2D eigenvalue weighted by atomic mass is 16.5. The number of carbonyl (C=O) groups excluding carboxylic acids is 1. The van der Waals surface area contributed by atoms with E-state index >= 15 is 0 Å². The Morgan fingerprint density at radius 3 is 2.41 bits per heavy atom. The minimum absolute atomic E-state index is 0.0704.